The van der Waals surface area contributed by atoms with E-state index in [-0.39, 0.29) is 17.7 Å². The smallest absolute Gasteiger partial charge is 0.321 e. The van der Waals surface area contributed by atoms with Crippen molar-refractivity contribution in [2.75, 3.05) is 38.9 Å². The summed E-state index contributed by atoms with van der Waals surface area (Å²) in [5.74, 6) is 0.901. The first-order valence-corrected chi connectivity index (χ1v) is 10.7. The molecule has 154 valence electrons. The fraction of sp³-hybridized carbons (Fsp3) is 0.364. The van der Waals surface area contributed by atoms with Crippen molar-refractivity contribution in [2.45, 2.75) is 17.7 Å². The van der Waals surface area contributed by atoms with Gasteiger partial charge in [0, 0.05) is 35.2 Å². The molecule has 7 heteroatoms. The van der Waals surface area contributed by atoms with Crippen molar-refractivity contribution in [3.8, 4) is 11.5 Å². The maximum absolute atomic E-state index is 13.0. The molecule has 1 N–H and O–H groups in total. The molecule has 0 radical (unpaired) electrons. The van der Waals surface area contributed by atoms with Crippen molar-refractivity contribution in [3.63, 3.8) is 0 Å². The minimum Gasteiger partial charge on any atom is -0.493 e. The number of ether oxygens (including phenoxy) is 2. The molecule has 6 nitrogen and oxygen atoms in total. The lowest BCUT2D eigenvalue weighted by atomic mass is 9.90. The molecule has 1 saturated heterocycles. The third-order valence-corrected chi connectivity index (χ3v) is 5.83. The zero-order chi connectivity index (χ0) is 20.8. The standard InChI is InChI=1S/C22H26N2O4S/c1-27-19-11-6-15(13-20(19)28-2)21(25)16-5-4-12-24(14-16)22(26)23-17-7-9-18(29-3)10-8-17/h6-11,13,16H,4-5,12,14H2,1-3H3,(H,23,26)/t16-/m0/s1. The van der Waals surface area contributed by atoms with Gasteiger partial charge in [-0.3, -0.25) is 4.79 Å². The van der Waals surface area contributed by atoms with E-state index in [1.54, 1.807) is 49.1 Å². The molecule has 2 aromatic carbocycles. The monoisotopic (exact) mass is 414 g/mol. The number of Topliss-reactive ketones (excluding diaryl/α,β-unsaturated/α-hetero) is 1. The Hall–Kier alpha value is -2.67. The number of carbonyl (C=O) groups excluding carboxylic acids is 2. The number of ketones is 1. The molecule has 1 fully saturated rings. The highest BCUT2D eigenvalue weighted by atomic mass is 32.2. The van der Waals surface area contributed by atoms with Crippen LogP contribution in [-0.2, 0) is 0 Å². The molecule has 1 aliphatic heterocycles. The maximum atomic E-state index is 13.0. The number of thioether (sulfide) groups is 1. The van der Waals surface area contributed by atoms with Gasteiger partial charge in [0.15, 0.2) is 17.3 Å². The molecule has 1 atom stereocenters. The Labute approximate surface area is 175 Å². The van der Waals surface area contributed by atoms with Crippen LogP contribution in [-0.4, -0.2) is 50.3 Å². The molecule has 1 heterocycles. The van der Waals surface area contributed by atoms with E-state index in [1.165, 1.54) is 0 Å². The topological polar surface area (TPSA) is 67.9 Å². The Bertz CT molecular complexity index is 870. The largest absolute Gasteiger partial charge is 0.493 e. The number of likely N-dealkylation sites (tertiary alicyclic amines) is 1. The number of anilines is 1. The zero-order valence-corrected chi connectivity index (χ0v) is 17.8. The van der Waals surface area contributed by atoms with E-state index in [0.717, 1.165) is 23.4 Å². The summed E-state index contributed by atoms with van der Waals surface area (Å²) in [5.41, 5.74) is 1.32. The molecule has 3 rings (SSSR count). The zero-order valence-electron chi connectivity index (χ0n) is 16.9. The number of amides is 2. The minimum absolute atomic E-state index is 0.0211. The summed E-state index contributed by atoms with van der Waals surface area (Å²) in [6.07, 6.45) is 3.57. The van der Waals surface area contributed by atoms with Crippen molar-refractivity contribution < 1.29 is 19.1 Å². The fourth-order valence-electron chi connectivity index (χ4n) is 3.48. The highest BCUT2D eigenvalue weighted by molar-refractivity contribution is 7.98. The molecule has 0 spiro atoms. The van der Waals surface area contributed by atoms with E-state index in [1.807, 2.05) is 30.5 Å². The van der Waals surface area contributed by atoms with Crippen LogP contribution in [0.3, 0.4) is 0 Å². The van der Waals surface area contributed by atoms with Gasteiger partial charge >= 0.3 is 6.03 Å². The number of hydrogen-bond acceptors (Lipinski definition) is 5. The van der Waals surface area contributed by atoms with Gasteiger partial charge in [-0.25, -0.2) is 4.79 Å². The predicted molar refractivity (Wildman–Crippen MR) is 115 cm³/mol. The molecule has 0 bridgehead atoms. The number of rotatable bonds is 6. The first-order chi connectivity index (χ1) is 14.0. The third-order valence-electron chi connectivity index (χ3n) is 5.09. The number of benzene rings is 2. The van der Waals surface area contributed by atoms with Gasteiger partial charge in [0.2, 0.25) is 0 Å². The molecule has 0 aliphatic carbocycles. The lowest BCUT2D eigenvalue weighted by Crippen LogP contribution is -2.44. The molecule has 0 aromatic heterocycles. The number of methoxy groups -OCH3 is 2. The second kappa shape index (κ2) is 9.69. The molecule has 2 amide bonds. The predicted octanol–water partition coefficient (Wildman–Crippen LogP) is 4.55. The second-order valence-corrected chi connectivity index (χ2v) is 7.76. The summed E-state index contributed by atoms with van der Waals surface area (Å²) in [4.78, 5) is 28.5. The van der Waals surface area contributed by atoms with Crippen molar-refractivity contribution in [1.29, 1.82) is 0 Å². The normalized spacial score (nSPS) is 16.2. The highest BCUT2D eigenvalue weighted by Gasteiger charge is 2.29. The van der Waals surface area contributed by atoms with Gasteiger partial charge in [-0.1, -0.05) is 0 Å². The van der Waals surface area contributed by atoms with E-state index in [9.17, 15) is 9.59 Å². The third kappa shape index (κ3) is 5.03. The van der Waals surface area contributed by atoms with Crippen molar-refractivity contribution in [3.05, 3.63) is 48.0 Å². The molecular weight excluding hydrogens is 388 g/mol. The van der Waals surface area contributed by atoms with Crippen LogP contribution < -0.4 is 14.8 Å². The Morgan fingerprint density at radius 2 is 1.79 bits per heavy atom. The quantitative estimate of drug-likeness (QED) is 0.555. The Kier molecular flexibility index (Phi) is 7.04. The van der Waals surface area contributed by atoms with Gasteiger partial charge in [0.1, 0.15) is 0 Å². The molecule has 0 unspecified atom stereocenters. The highest BCUT2D eigenvalue weighted by Crippen LogP contribution is 2.30. The van der Waals surface area contributed by atoms with Crippen LogP contribution in [0.4, 0.5) is 10.5 Å². The first kappa shape index (κ1) is 21.0. The summed E-state index contributed by atoms with van der Waals surface area (Å²) < 4.78 is 10.5. The van der Waals surface area contributed by atoms with Crippen molar-refractivity contribution >= 4 is 29.3 Å². The Morgan fingerprint density at radius 1 is 1.07 bits per heavy atom. The van der Waals surface area contributed by atoms with E-state index in [4.69, 9.17) is 9.47 Å². The number of nitrogens with one attached hydrogen (secondary N) is 1. The molecule has 0 saturated carbocycles. The lowest BCUT2D eigenvalue weighted by molar-refractivity contribution is 0.0851. The van der Waals surface area contributed by atoms with Gasteiger partial charge in [-0.2, -0.15) is 0 Å². The first-order valence-electron chi connectivity index (χ1n) is 9.52. The number of urea groups is 1. The average molecular weight is 415 g/mol. The molecule has 1 aliphatic rings. The molecule has 29 heavy (non-hydrogen) atoms. The number of piperidine rings is 1. The average Bonchev–Trinajstić information content (AvgIpc) is 2.78. The molecule has 2 aromatic rings. The number of hydrogen-bond donors (Lipinski definition) is 1. The van der Waals surface area contributed by atoms with Gasteiger partial charge in [0.25, 0.3) is 0 Å². The van der Waals surface area contributed by atoms with Gasteiger partial charge in [-0.05, 0) is 61.6 Å². The summed E-state index contributed by atoms with van der Waals surface area (Å²) >= 11 is 1.65. The fourth-order valence-corrected chi connectivity index (χ4v) is 3.89. The molecular formula is C22H26N2O4S. The van der Waals surface area contributed by atoms with Gasteiger partial charge in [-0.15, -0.1) is 11.8 Å². The lowest BCUT2D eigenvalue weighted by Gasteiger charge is -2.32. The number of carbonyl (C=O) groups is 2. The van der Waals surface area contributed by atoms with E-state index in [0.29, 0.717) is 30.2 Å². The van der Waals surface area contributed by atoms with Crippen LogP contribution in [0.1, 0.15) is 23.2 Å². The Balaban J connectivity index is 1.66. The summed E-state index contributed by atoms with van der Waals surface area (Å²) in [6, 6.07) is 12.7. The van der Waals surface area contributed by atoms with Crippen LogP contribution in [0.5, 0.6) is 11.5 Å². The minimum atomic E-state index is -0.230. The van der Waals surface area contributed by atoms with E-state index >= 15 is 0 Å². The Morgan fingerprint density at radius 3 is 2.45 bits per heavy atom. The van der Waals surface area contributed by atoms with Crippen LogP contribution in [0, 0.1) is 5.92 Å². The summed E-state index contributed by atoms with van der Waals surface area (Å²) in [5, 5.41) is 2.93. The van der Waals surface area contributed by atoms with Crippen molar-refractivity contribution in [1.82, 2.24) is 4.90 Å². The number of nitrogens with zero attached hydrogens (tertiary/aromatic N) is 1. The second-order valence-electron chi connectivity index (χ2n) is 6.88. The van der Waals surface area contributed by atoms with Crippen LogP contribution >= 0.6 is 11.8 Å². The SMILES string of the molecule is COc1ccc(C(=O)[C@H]2CCCN(C(=O)Nc3ccc(SC)cc3)C2)cc1OC. The van der Waals surface area contributed by atoms with Gasteiger partial charge < -0.3 is 19.7 Å². The van der Waals surface area contributed by atoms with Gasteiger partial charge in [0.05, 0.1) is 14.2 Å². The van der Waals surface area contributed by atoms with Crippen LogP contribution in [0.25, 0.3) is 0 Å². The summed E-state index contributed by atoms with van der Waals surface area (Å²) in [7, 11) is 3.11. The van der Waals surface area contributed by atoms with Crippen LogP contribution in [0.15, 0.2) is 47.4 Å². The van der Waals surface area contributed by atoms with E-state index < -0.39 is 0 Å². The van der Waals surface area contributed by atoms with E-state index in [2.05, 4.69) is 5.32 Å². The summed E-state index contributed by atoms with van der Waals surface area (Å²) in [6.45, 7) is 1.05. The maximum Gasteiger partial charge on any atom is 0.321 e. The van der Waals surface area contributed by atoms with Crippen molar-refractivity contribution in [2.24, 2.45) is 5.92 Å². The van der Waals surface area contributed by atoms with Crippen LogP contribution in [0.2, 0.25) is 0 Å².